The minimum absolute atomic E-state index is 0.0546. The average molecular weight is 701 g/mol. The summed E-state index contributed by atoms with van der Waals surface area (Å²) in [7, 11) is 0. The minimum atomic E-state index is -4.99. The highest BCUT2D eigenvalue weighted by Gasteiger charge is 2.37. The van der Waals surface area contributed by atoms with E-state index in [2.05, 4.69) is 21.8 Å². The van der Waals surface area contributed by atoms with Gasteiger partial charge in [0, 0.05) is 50.2 Å². The molecule has 8 nitrogen and oxygen atoms in total. The van der Waals surface area contributed by atoms with E-state index in [0.29, 0.717) is 43.4 Å². The van der Waals surface area contributed by atoms with Gasteiger partial charge in [-0.3, -0.25) is 4.79 Å². The number of rotatable bonds is 12. The molecule has 4 aromatic rings. The molecule has 0 unspecified atom stereocenters. The largest absolute Gasteiger partial charge is 0.481 e. The molecule has 0 radical (unpaired) electrons. The van der Waals surface area contributed by atoms with Crippen LogP contribution in [0.2, 0.25) is 0 Å². The first-order chi connectivity index (χ1) is 23.8. The number of carbonyl (C=O) groups is 1. The predicted octanol–water partition coefficient (Wildman–Crippen LogP) is 8.20. The number of anilines is 3. The lowest BCUT2D eigenvalue weighted by Gasteiger charge is -2.32. The highest BCUT2D eigenvalue weighted by atomic mass is 19.4. The number of carboxylic acid groups (broad SMARTS) is 1. The second-order valence-electron chi connectivity index (χ2n) is 13.2. The van der Waals surface area contributed by atoms with Crippen LogP contribution in [0.3, 0.4) is 0 Å². The van der Waals surface area contributed by atoms with Crippen LogP contribution in [-0.2, 0) is 30.2 Å². The van der Waals surface area contributed by atoms with Gasteiger partial charge >= 0.3 is 18.3 Å². The van der Waals surface area contributed by atoms with Gasteiger partial charge in [0.1, 0.15) is 5.82 Å². The molecule has 50 heavy (non-hydrogen) atoms. The van der Waals surface area contributed by atoms with Gasteiger partial charge < -0.3 is 19.8 Å². The van der Waals surface area contributed by atoms with Gasteiger partial charge in [-0.2, -0.15) is 26.3 Å². The third-order valence-electron chi connectivity index (χ3n) is 9.25. The molecule has 14 heteroatoms. The number of nitrogens with zero attached hydrogens (tertiary/aromatic N) is 6. The van der Waals surface area contributed by atoms with Gasteiger partial charge in [-0.1, -0.05) is 25.1 Å². The van der Waals surface area contributed by atoms with Crippen molar-refractivity contribution in [1.82, 2.24) is 15.0 Å². The first-order valence-electron chi connectivity index (χ1n) is 16.7. The van der Waals surface area contributed by atoms with Crippen molar-refractivity contribution in [1.29, 1.82) is 0 Å². The topological polar surface area (TPSA) is 85.7 Å². The Labute approximate surface area is 285 Å². The first kappa shape index (κ1) is 35.2. The number of alkyl halides is 6. The van der Waals surface area contributed by atoms with Gasteiger partial charge in [-0.05, 0) is 73.9 Å². The number of aliphatic carboxylic acids is 1. The van der Waals surface area contributed by atoms with E-state index in [9.17, 15) is 36.2 Å². The molecule has 1 aliphatic carbocycles. The Hall–Kier alpha value is -4.62. The van der Waals surface area contributed by atoms with E-state index in [-0.39, 0.29) is 30.7 Å². The van der Waals surface area contributed by atoms with Gasteiger partial charge in [0.2, 0.25) is 5.95 Å². The fraction of sp³-hybridized carbons (Fsp3) is 0.444. The molecule has 2 aromatic carbocycles. The molecule has 266 valence electrons. The quantitative estimate of drug-likeness (QED) is 0.148. The molecule has 1 saturated carbocycles. The SMILES string of the molecule is CCCN(CC1CC1)c1nc2ccccc2cc1CN(Cc1cc(C(F)(F)F)cc(C(F)(F)F)c1)c1ncc(N2CCC(C(=O)O)CC2)cn1. The average Bonchev–Trinajstić information content (AvgIpc) is 3.91. The zero-order valence-corrected chi connectivity index (χ0v) is 27.5. The molecular formula is C36H38F6N6O2. The second kappa shape index (κ2) is 14.3. The van der Waals surface area contributed by atoms with Crippen molar-refractivity contribution in [3.05, 3.63) is 83.2 Å². The molecule has 1 N–H and O–H groups in total. The van der Waals surface area contributed by atoms with Gasteiger partial charge in [0.05, 0.1) is 40.6 Å². The molecule has 1 saturated heterocycles. The maximum atomic E-state index is 13.8. The molecule has 0 amide bonds. The van der Waals surface area contributed by atoms with E-state index in [1.807, 2.05) is 35.2 Å². The number of fused-ring (bicyclic) bond motifs is 1. The lowest BCUT2D eigenvalue weighted by atomic mass is 9.97. The molecule has 0 bridgehead atoms. The molecule has 6 rings (SSSR count). The van der Waals surface area contributed by atoms with E-state index >= 15 is 0 Å². The summed E-state index contributed by atoms with van der Waals surface area (Å²) >= 11 is 0. The van der Waals surface area contributed by atoms with Crippen molar-refractivity contribution in [3.8, 4) is 0 Å². The van der Waals surface area contributed by atoms with Crippen molar-refractivity contribution in [2.24, 2.45) is 11.8 Å². The Bertz CT molecular complexity index is 1770. The Morgan fingerprint density at radius 3 is 2.10 bits per heavy atom. The summed E-state index contributed by atoms with van der Waals surface area (Å²) in [5.74, 6) is 0.0743. The van der Waals surface area contributed by atoms with Crippen LogP contribution in [0, 0.1) is 11.8 Å². The van der Waals surface area contributed by atoms with Gasteiger partial charge in [-0.25, -0.2) is 15.0 Å². The van der Waals surface area contributed by atoms with Crippen LogP contribution < -0.4 is 14.7 Å². The van der Waals surface area contributed by atoms with E-state index in [1.165, 1.54) is 0 Å². The van der Waals surface area contributed by atoms with Crippen molar-refractivity contribution >= 4 is 34.3 Å². The number of aromatic nitrogens is 3. The Balaban J connectivity index is 1.40. The Morgan fingerprint density at radius 2 is 1.52 bits per heavy atom. The van der Waals surface area contributed by atoms with Crippen molar-refractivity contribution in [2.75, 3.05) is 40.9 Å². The summed E-state index contributed by atoms with van der Waals surface area (Å²) in [5.41, 5.74) is -0.833. The first-order valence-corrected chi connectivity index (χ1v) is 16.7. The monoisotopic (exact) mass is 700 g/mol. The molecule has 2 fully saturated rings. The van der Waals surface area contributed by atoms with Crippen LogP contribution in [0.15, 0.2) is 60.9 Å². The fourth-order valence-corrected chi connectivity index (χ4v) is 6.46. The summed E-state index contributed by atoms with van der Waals surface area (Å²) in [4.78, 5) is 31.3. The number of hydrogen-bond acceptors (Lipinski definition) is 7. The Morgan fingerprint density at radius 1 is 0.880 bits per heavy atom. The predicted molar refractivity (Wildman–Crippen MR) is 178 cm³/mol. The summed E-state index contributed by atoms with van der Waals surface area (Å²) in [5, 5.41) is 10.2. The third kappa shape index (κ3) is 8.39. The van der Waals surface area contributed by atoms with E-state index in [1.54, 1.807) is 17.3 Å². The summed E-state index contributed by atoms with van der Waals surface area (Å²) in [6, 6.07) is 11.1. The van der Waals surface area contributed by atoms with Crippen LogP contribution in [0.5, 0.6) is 0 Å². The van der Waals surface area contributed by atoms with Crippen LogP contribution in [0.4, 0.5) is 43.8 Å². The van der Waals surface area contributed by atoms with Crippen LogP contribution in [0.1, 0.15) is 61.3 Å². The lowest BCUT2D eigenvalue weighted by molar-refractivity contribution is -0.144. The van der Waals surface area contributed by atoms with E-state index in [4.69, 9.17) is 4.98 Å². The standard InChI is InChI=1S/C36H38F6N6O2/c1-2-11-47(20-23-7-8-23)32-27(16-26-5-3-4-6-31(26)45-32)22-48(21-24-14-28(35(37,38)39)17-29(15-24)36(40,41)42)34-43-18-30(19-44-34)46-12-9-25(10-13-46)33(49)50/h3-6,14-19,23,25H,2,7-13,20-22H2,1H3,(H,49,50). The molecule has 0 atom stereocenters. The minimum Gasteiger partial charge on any atom is -0.481 e. The Kier molecular flexibility index (Phi) is 10.1. The number of benzene rings is 2. The summed E-state index contributed by atoms with van der Waals surface area (Å²) in [6.45, 7) is 4.25. The zero-order valence-electron chi connectivity index (χ0n) is 27.5. The van der Waals surface area contributed by atoms with Crippen molar-refractivity contribution in [2.45, 2.75) is 64.5 Å². The van der Waals surface area contributed by atoms with E-state index in [0.717, 1.165) is 61.0 Å². The summed E-state index contributed by atoms with van der Waals surface area (Å²) < 4.78 is 83.1. The summed E-state index contributed by atoms with van der Waals surface area (Å²) in [6.07, 6.45) is -2.90. The maximum absolute atomic E-state index is 13.8. The number of pyridine rings is 1. The number of para-hydroxylation sites is 1. The number of piperidine rings is 1. The van der Waals surface area contributed by atoms with Crippen LogP contribution >= 0.6 is 0 Å². The number of hydrogen-bond donors (Lipinski definition) is 1. The molecule has 0 spiro atoms. The number of carboxylic acids is 1. The maximum Gasteiger partial charge on any atom is 0.416 e. The van der Waals surface area contributed by atoms with Crippen molar-refractivity contribution < 1.29 is 36.2 Å². The van der Waals surface area contributed by atoms with E-state index < -0.39 is 35.4 Å². The smallest absolute Gasteiger partial charge is 0.416 e. The van der Waals surface area contributed by atoms with Crippen LogP contribution in [-0.4, -0.2) is 52.2 Å². The van der Waals surface area contributed by atoms with Gasteiger partial charge in [0.15, 0.2) is 0 Å². The number of halogens is 6. The highest BCUT2D eigenvalue weighted by molar-refractivity contribution is 5.82. The molecule has 2 aromatic heterocycles. The van der Waals surface area contributed by atoms with Crippen LogP contribution in [0.25, 0.3) is 10.9 Å². The second-order valence-corrected chi connectivity index (χ2v) is 13.2. The highest BCUT2D eigenvalue weighted by Crippen LogP contribution is 2.38. The van der Waals surface area contributed by atoms with Gasteiger partial charge in [-0.15, -0.1) is 0 Å². The molecule has 3 heterocycles. The molecular weight excluding hydrogens is 662 g/mol. The van der Waals surface area contributed by atoms with Gasteiger partial charge in [0.25, 0.3) is 0 Å². The molecule has 1 aliphatic heterocycles. The third-order valence-corrected chi connectivity index (χ3v) is 9.25. The zero-order chi connectivity index (χ0) is 35.6. The fourth-order valence-electron chi connectivity index (χ4n) is 6.46. The normalized spacial score (nSPS) is 15.8. The molecule has 2 aliphatic rings. The lowest BCUT2D eigenvalue weighted by Crippen LogP contribution is -2.36. The van der Waals surface area contributed by atoms with Crippen molar-refractivity contribution in [3.63, 3.8) is 0 Å².